The maximum atomic E-state index is 12.0. The van der Waals surface area contributed by atoms with Gasteiger partial charge in [-0.3, -0.25) is 9.69 Å². The number of rotatable bonds is 7. The smallest absolute Gasteiger partial charge is 0.243 e. The number of carbonyl (C=O) groups is 1. The molecule has 2 aliphatic heterocycles. The highest BCUT2D eigenvalue weighted by Gasteiger charge is 2.21. The minimum absolute atomic E-state index is 0. The Kier molecular flexibility index (Phi) is 11.2. The summed E-state index contributed by atoms with van der Waals surface area (Å²) in [4.78, 5) is 22.9. The van der Waals surface area contributed by atoms with Crippen LogP contribution in [0.1, 0.15) is 12.8 Å². The fourth-order valence-corrected chi connectivity index (χ4v) is 4.27. The molecule has 1 aromatic rings. The van der Waals surface area contributed by atoms with E-state index < -0.39 is 0 Å². The number of nitrogens with zero attached hydrogens (tertiary/aromatic N) is 4. The Hall–Kier alpha value is -1.11. The zero-order valence-corrected chi connectivity index (χ0v) is 21.2. The van der Waals surface area contributed by atoms with Gasteiger partial charge in [0, 0.05) is 59.4 Å². The van der Waals surface area contributed by atoms with Crippen LogP contribution >= 0.6 is 35.3 Å². The highest BCUT2D eigenvalue weighted by atomic mass is 127. The predicted molar refractivity (Wildman–Crippen MR) is 134 cm³/mol. The molecule has 2 aliphatic rings. The Labute approximate surface area is 201 Å². The van der Waals surface area contributed by atoms with E-state index in [-0.39, 0.29) is 36.4 Å². The number of nitrogens with one attached hydrogen (secondary N) is 2. The van der Waals surface area contributed by atoms with Crippen LogP contribution in [0.15, 0.2) is 22.5 Å². The molecule has 170 valence electrons. The zero-order chi connectivity index (χ0) is 20.5. The van der Waals surface area contributed by atoms with E-state index in [1.165, 1.54) is 5.00 Å². The van der Waals surface area contributed by atoms with E-state index in [1.807, 2.05) is 0 Å². The topological polar surface area (TPSA) is 72.4 Å². The highest BCUT2D eigenvalue weighted by molar-refractivity contribution is 14.0. The average Bonchev–Trinajstić information content (AvgIpc) is 3.27. The highest BCUT2D eigenvalue weighted by Crippen LogP contribution is 2.24. The minimum Gasteiger partial charge on any atom is -0.379 e. The molecule has 30 heavy (non-hydrogen) atoms. The van der Waals surface area contributed by atoms with Gasteiger partial charge in [0.2, 0.25) is 5.91 Å². The van der Waals surface area contributed by atoms with Gasteiger partial charge < -0.3 is 25.2 Å². The number of anilines is 1. The van der Waals surface area contributed by atoms with Gasteiger partial charge in [-0.2, -0.15) is 0 Å². The molecule has 0 bridgehead atoms. The van der Waals surface area contributed by atoms with Crippen molar-refractivity contribution in [2.24, 2.45) is 4.99 Å². The number of likely N-dealkylation sites (N-methyl/N-ethyl adjacent to an activating group) is 1. The predicted octanol–water partition coefficient (Wildman–Crippen LogP) is 1.29. The summed E-state index contributed by atoms with van der Waals surface area (Å²) in [5.74, 6) is 0.745. The van der Waals surface area contributed by atoms with E-state index in [2.05, 4.69) is 42.9 Å². The zero-order valence-electron chi connectivity index (χ0n) is 18.0. The summed E-state index contributed by atoms with van der Waals surface area (Å²) in [6, 6.07) is 4.66. The summed E-state index contributed by atoms with van der Waals surface area (Å²) in [6.45, 7) is 7.54. The Morgan fingerprint density at radius 2 is 2.00 bits per heavy atom. The lowest BCUT2D eigenvalue weighted by atomic mass is 10.1. The van der Waals surface area contributed by atoms with Gasteiger partial charge in [0.15, 0.2) is 5.96 Å². The van der Waals surface area contributed by atoms with Gasteiger partial charge in [0.05, 0.1) is 18.2 Å². The Morgan fingerprint density at radius 1 is 1.27 bits per heavy atom. The number of aliphatic imine (C=N–C) groups is 1. The lowest BCUT2D eigenvalue weighted by Crippen LogP contribution is -2.50. The fourth-order valence-electron chi connectivity index (χ4n) is 3.49. The van der Waals surface area contributed by atoms with Crippen molar-refractivity contribution < 1.29 is 9.53 Å². The number of hydrogen-bond donors (Lipinski definition) is 2. The van der Waals surface area contributed by atoms with Gasteiger partial charge in [-0.15, -0.1) is 35.3 Å². The molecule has 2 saturated heterocycles. The number of hydrogen-bond acceptors (Lipinski definition) is 6. The molecule has 0 spiro atoms. The second-order valence-electron chi connectivity index (χ2n) is 7.69. The first kappa shape index (κ1) is 25.2. The number of carbonyl (C=O) groups excluding carboxylic acids is 1. The van der Waals surface area contributed by atoms with Crippen molar-refractivity contribution in [3.63, 3.8) is 0 Å². The monoisotopic (exact) mass is 550 g/mol. The SMILES string of the molecule is CN(C)C(=O)CN=C(NCCN1CCOCC1)NC1CCN(c2cccs2)CC1.I. The van der Waals surface area contributed by atoms with E-state index in [0.717, 1.165) is 71.3 Å². The van der Waals surface area contributed by atoms with Gasteiger partial charge >= 0.3 is 0 Å². The molecule has 10 heteroatoms. The van der Waals surface area contributed by atoms with Gasteiger partial charge in [-0.25, -0.2) is 4.99 Å². The van der Waals surface area contributed by atoms with Crippen LogP contribution in [0.25, 0.3) is 0 Å². The molecule has 0 radical (unpaired) electrons. The summed E-state index contributed by atoms with van der Waals surface area (Å²) >= 11 is 1.80. The average molecular weight is 551 g/mol. The number of piperidine rings is 1. The molecule has 2 N–H and O–H groups in total. The summed E-state index contributed by atoms with van der Waals surface area (Å²) in [7, 11) is 3.52. The standard InChI is InChI=1S/C20H34N6O2S.HI/c1-24(2)18(27)16-22-20(21-7-10-25-11-13-28-14-12-25)23-17-5-8-26(9-6-17)19-4-3-15-29-19;/h3-4,15,17H,5-14,16H2,1-2H3,(H2,21,22,23);1H. The molecular formula is C20H35IN6O2S. The molecule has 1 aromatic heterocycles. The van der Waals surface area contributed by atoms with E-state index in [0.29, 0.717) is 6.04 Å². The Bertz CT molecular complexity index is 644. The molecule has 0 unspecified atom stereocenters. The number of thiophene rings is 1. The maximum Gasteiger partial charge on any atom is 0.243 e. The molecule has 3 heterocycles. The summed E-state index contributed by atoms with van der Waals surface area (Å²) in [5.41, 5.74) is 0. The fraction of sp³-hybridized carbons (Fsp3) is 0.700. The normalized spacial score (nSPS) is 18.6. The molecule has 0 aliphatic carbocycles. The number of ether oxygens (including phenoxy) is 1. The van der Waals surface area contributed by atoms with E-state index in [9.17, 15) is 4.79 Å². The quantitative estimate of drug-likeness (QED) is 0.303. The third-order valence-corrected chi connectivity index (χ3v) is 6.28. The van der Waals surface area contributed by atoms with Gasteiger partial charge in [0.1, 0.15) is 6.54 Å². The van der Waals surface area contributed by atoms with Gasteiger partial charge in [-0.1, -0.05) is 0 Å². The number of guanidine groups is 1. The molecule has 2 fully saturated rings. The largest absolute Gasteiger partial charge is 0.379 e. The van der Waals surface area contributed by atoms with Crippen LogP contribution < -0.4 is 15.5 Å². The van der Waals surface area contributed by atoms with Crippen molar-refractivity contribution in [1.29, 1.82) is 0 Å². The van der Waals surface area contributed by atoms with Crippen LogP contribution in [0.2, 0.25) is 0 Å². The van der Waals surface area contributed by atoms with Gasteiger partial charge in [-0.05, 0) is 30.4 Å². The third-order valence-electron chi connectivity index (χ3n) is 5.35. The minimum atomic E-state index is 0. The summed E-state index contributed by atoms with van der Waals surface area (Å²) in [5, 5.41) is 10.5. The van der Waals surface area contributed by atoms with Crippen LogP contribution in [0, 0.1) is 0 Å². The van der Waals surface area contributed by atoms with E-state index >= 15 is 0 Å². The first-order chi connectivity index (χ1) is 14.1. The van der Waals surface area contributed by atoms with Crippen LogP contribution in [0.4, 0.5) is 5.00 Å². The molecule has 1 amide bonds. The summed E-state index contributed by atoms with van der Waals surface area (Å²) in [6.07, 6.45) is 2.12. The van der Waals surface area contributed by atoms with Crippen LogP contribution in [0.5, 0.6) is 0 Å². The van der Waals surface area contributed by atoms with Crippen LogP contribution in [-0.4, -0.2) is 101 Å². The van der Waals surface area contributed by atoms with Crippen molar-refractivity contribution >= 4 is 52.2 Å². The maximum absolute atomic E-state index is 12.0. The number of morpholine rings is 1. The Balaban J connectivity index is 0.00000320. The second kappa shape index (κ2) is 13.3. The Morgan fingerprint density at radius 3 is 2.63 bits per heavy atom. The number of halogens is 1. The van der Waals surface area contributed by atoms with E-state index in [4.69, 9.17) is 4.74 Å². The van der Waals surface area contributed by atoms with Gasteiger partial charge in [0.25, 0.3) is 0 Å². The first-order valence-electron chi connectivity index (χ1n) is 10.5. The van der Waals surface area contributed by atoms with Crippen LogP contribution in [0.3, 0.4) is 0 Å². The second-order valence-corrected chi connectivity index (χ2v) is 8.62. The lowest BCUT2D eigenvalue weighted by Gasteiger charge is -2.34. The molecule has 0 aromatic carbocycles. The molecule has 0 atom stereocenters. The first-order valence-corrected chi connectivity index (χ1v) is 11.3. The van der Waals surface area contributed by atoms with Crippen molar-refractivity contribution in [2.45, 2.75) is 18.9 Å². The molecular weight excluding hydrogens is 515 g/mol. The third kappa shape index (κ3) is 8.20. The summed E-state index contributed by atoms with van der Waals surface area (Å²) < 4.78 is 5.41. The van der Waals surface area contributed by atoms with Crippen molar-refractivity contribution in [3.8, 4) is 0 Å². The van der Waals surface area contributed by atoms with Crippen molar-refractivity contribution in [1.82, 2.24) is 20.4 Å². The van der Waals surface area contributed by atoms with E-state index in [1.54, 1.807) is 30.3 Å². The lowest BCUT2D eigenvalue weighted by molar-refractivity contribution is -0.127. The molecule has 8 nitrogen and oxygen atoms in total. The van der Waals surface area contributed by atoms with Crippen molar-refractivity contribution in [2.75, 3.05) is 78.0 Å². The van der Waals surface area contributed by atoms with Crippen LogP contribution in [-0.2, 0) is 9.53 Å². The van der Waals surface area contributed by atoms with Crippen molar-refractivity contribution in [3.05, 3.63) is 17.5 Å². The molecule has 0 saturated carbocycles. The molecule has 3 rings (SSSR count). The number of amides is 1.